The van der Waals surface area contributed by atoms with E-state index in [2.05, 4.69) is 0 Å². The van der Waals surface area contributed by atoms with Crippen molar-refractivity contribution in [2.75, 3.05) is 26.2 Å². The second-order valence-electron chi connectivity index (χ2n) is 7.46. The summed E-state index contributed by atoms with van der Waals surface area (Å²) in [6, 6.07) is 21.6. The van der Waals surface area contributed by atoms with Crippen molar-refractivity contribution >= 4 is 26.8 Å². The molecule has 6 nitrogen and oxygen atoms in total. The average Bonchev–Trinajstić information content (AvgIpc) is 2.77. The van der Waals surface area contributed by atoms with E-state index < -0.39 is 22.0 Å². The number of hydrogen-bond acceptors (Lipinski definition) is 4. The third-order valence-electron chi connectivity index (χ3n) is 5.64. The molecule has 0 aliphatic carbocycles. The summed E-state index contributed by atoms with van der Waals surface area (Å²) in [5.74, 6) is -0.885. The van der Waals surface area contributed by atoms with Crippen LogP contribution in [0.15, 0.2) is 77.7 Å². The van der Waals surface area contributed by atoms with Gasteiger partial charge in [0.1, 0.15) is 6.04 Å². The van der Waals surface area contributed by atoms with Crippen LogP contribution in [0.2, 0.25) is 0 Å². The molecule has 1 aliphatic heterocycles. The van der Waals surface area contributed by atoms with E-state index in [0.717, 1.165) is 10.9 Å². The first kappa shape index (κ1) is 20.5. The summed E-state index contributed by atoms with van der Waals surface area (Å²) in [4.78, 5) is 14.0. The molecule has 0 saturated carbocycles. The standard InChI is InChI=1S/C23H24N2O4S/c26-23(27)21(17-18-7-2-1-3-8-18)24-13-15-25(16-14-24)30(28,29)22-12-6-10-19-9-4-5-11-20(19)22/h1-12,21H,13-17H2,(H,26,27). The van der Waals surface area contributed by atoms with Gasteiger partial charge in [-0.25, -0.2) is 8.42 Å². The molecule has 156 valence electrons. The zero-order valence-electron chi connectivity index (χ0n) is 16.5. The Morgan fingerprint density at radius 3 is 2.20 bits per heavy atom. The number of sulfonamides is 1. The molecule has 1 fully saturated rings. The third kappa shape index (κ3) is 4.09. The zero-order valence-corrected chi connectivity index (χ0v) is 17.3. The molecule has 30 heavy (non-hydrogen) atoms. The minimum Gasteiger partial charge on any atom is -0.480 e. The van der Waals surface area contributed by atoms with Crippen LogP contribution in [0.5, 0.6) is 0 Å². The van der Waals surface area contributed by atoms with Crippen molar-refractivity contribution in [3.05, 3.63) is 78.4 Å². The highest BCUT2D eigenvalue weighted by Crippen LogP contribution is 2.26. The van der Waals surface area contributed by atoms with Gasteiger partial charge < -0.3 is 5.11 Å². The molecule has 1 N–H and O–H groups in total. The molecule has 0 spiro atoms. The normalized spacial score (nSPS) is 17.1. The fraction of sp³-hybridized carbons (Fsp3) is 0.261. The molecule has 1 atom stereocenters. The number of fused-ring (bicyclic) bond motifs is 1. The largest absolute Gasteiger partial charge is 0.480 e. The smallest absolute Gasteiger partial charge is 0.321 e. The second-order valence-corrected chi connectivity index (χ2v) is 9.37. The highest BCUT2D eigenvalue weighted by molar-refractivity contribution is 7.89. The Balaban J connectivity index is 1.51. The maximum absolute atomic E-state index is 13.3. The lowest BCUT2D eigenvalue weighted by atomic mass is 10.0. The van der Waals surface area contributed by atoms with Crippen molar-refractivity contribution in [1.82, 2.24) is 9.21 Å². The number of nitrogens with zero attached hydrogens (tertiary/aromatic N) is 2. The van der Waals surface area contributed by atoms with Crippen LogP contribution in [0.25, 0.3) is 10.8 Å². The first-order valence-electron chi connectivity index (χ1n) is 9.95. The summed E-state index contributed by atoms with van der Waals surface area (Å²) in [5.41, 5.74) is 0.954. The number of aliphatic carboxylic acids is 1. The van der Waals surface area contributed by atoms with Gasteiger partial charge in [-0.2, -0.15) is 4.31 Å². The van der Waals surface area contributed by atoms with Crippen LogP contribution >= 0.6 is 0 Å². The van der Waals surface area contributed by atoms with Gasteiger partial charge in [0.05, 0.1) is 4.90 Å². The molecule has 0 bridgehead atoms. The molecule has 1 aliphatic rings. The minimum absolute atomic E-state index is 0.268. The summed E-state index contributed by atoms with van der Waals surface area (Å²) >= 11 is 0. The molecule has 0 aromatic heterocycles. The number of piperazine rings is 1. The Labute approximate surface area is 176 Å². The maximum Gasteiger partial charge on any atom is 0.321 e. The van der Waals surface area contributed by atoms with Crippen LogP contribution in [0.1, 0.15) is 5.56 Å². The lowest BCUT2D eigenvalue weighted by Gasteiger charge is -2.37. The van der Waals surface area contributed by atoms with Crippen molar-refractivity contribution < 1.29 is 18.3 Å². The number of carbonyl (C=O) groups is 1. The van der Waals surface area contributed by atoms with Gasteiger partial charge in [-0.3, -0.25) is 9.69 Å². The van der Waals surface area contributed by atoms with Crippen LogP contribution in [-0.4, -0.2) is 60.9 Å². The van der Waals surface area contributed by atoms with E-state index in [1.54, 1.807) is 12.1 Å². The maximum atomic E-state index is 13.3. The second kappa shape index (κ2) is 8.55. The number of hydrogen-bond donors (Lipinski definition) is 1. The highest BCUT2D eigenvalue weighted by atomic mass is 32.2. The van der Waals surface area contributed by atoms with E-state index in [1.807, 2.05) is 65.6 Å². The molecule has 7 heteroatoms. The number of benzene rings is 3. The molecule has 3 aromatic rings. The van der Waals surface area contributed by atoms with E-state index >= 15 is 0 Å². The van der Waals surface area contributed by atoms with Crippen LogP contribution in [0.3, 0.4) is 0 Å². The molecule has 1 saturated heterocycles. The van der Waals surface area contributed by atoms with Gasteiger partial charge in [-0.15, -0.1) is 0 Å². The predicted octanol–water partition coefficient (Wildman–Crippen LogP) is 2.84. The molecule has 0 amide bonds. The van der Waals surface area contributed by atoms with Crippen molar-refractivity contribution in [1.29, 1.82) is 0 Å². The van der Waals surface area contributed by atoms with Crippen molar-refractivity contribution in [2.24, 2.45) is 0 Å². The van der Waals surface area contributed by atoms with Crippen molar-refractivity contribution in [3.8, 4) is 0 Å². The third-order valence-corrected chi connectivity index (χ3v) is 7.60. The molecule has 3 aromatic carbocycles. The Morgan fingerprint density at radius 2 is 1.50 bits per heavy atom. The van der Waals surface area contributed by atoms with Gasteiger partial charge in [0.15, 0.2) is 0 Å². The lowest BCUT2D eigenvalue weighted by molar-refractivity contribution is -0.143. The van der Waals surface area contributed by atoms with Crippen LogP contribution in [0, 0.1) is 0 Å². The molecule has 1 heterocycles. The van der Waals surface area contributed by atoms with E-state index in [9.17, 15) is 18.3 Å². The summed E-state index contributed by atoms with van der Waals surface area (Å²) in [6.07, 6.45) is 0.395. The Kier molecular flexibility index (Phi) is 5.85. The first-order chi connectivity index (χ1) is 14.5. The molecule has 0 radical (unpaired) electrons. The summed E-state index contributed by atoms with van der Waals surface area (Å²) in [7, 11) is -3.66. The van der Waals surface area contributed by atoms with Gasteiger partial charge >= 0.3 is 5.97 Å². The Hall–Kier alpha value is -2.74. The van der Waals surface area contributed by atoms with E-state index in [0.29, 0.717) is 29.8 Å². The van der Waals surface area contributed by atoms with Gasteiger partial charge in [0.2, 0.25) is 10.0 Å². The van der Waals surface area contributed by atoms with E-state index in [1.165, 1.54) is 4.31 Å². The fourth-order valence-corrected chi connectivity index (χ4v) is 5.66. The van der Waals surface area contributed by atoms with Crippen molar-refractivity contribution in [2.45, 2.75) is 17.4 Å². The van der Waals surface area contributed by atoms with Crippen LogP contribution < -0.4 is 0 Å². The van der Waals surface area contributed by atoms with Crippen LogP contribution in [0.4, 0.5) is 0 Å². The minimum atomic E-state index is -3.66. The topological polar surface area (TPSA) is 77.9 Å². The van der Waals surface area contributed by atoms with E-state index in [4.69, 9.17) is 0 Å². The van der Waals surface area contributed by atoms with Gasteiger partial charge in [-0.05, 0) is 23.4 Å². The number of carboxylic acids is 1. The van der Waals surface area contributed by atoms with Gasteiger partial charge in [0.25, 0.3) is 0 Å². The quantitative estimate of drug-likeness (QED) is 0.658. The SMILES string of the molecule is O=C(O)C(Cc1ccccc1)N1CCN(S(=O)(=O)c2cccc3ccccc23)CC1. The average molecular weight is 425 g/mol. The molecule has 1 unspecified atom stereocenters. The van der Waals surface area contributed by atoms with Gasteiger partial charge in [-0.1, -0.05) is 66.7 Å². The Morgan fingerprint density at radius 1 is 0.867 bits per heavy atom. The molecular formula is C23H24N2O4S. The predicted molar refractivity (Wildman–Crippen MR) is 116 cm³/mol. The monoisotopic (exact) mass is 424 g/mol. The number of carboxylic acid groups (broad SMARTS) is 1. The van der Waals surface area contributed by atoms with Gasteiger partial charge in [0, 0.05) is 31.6 Å². The molecular weight excluding hydrogens is 400 g/mol. The van der Waals surface area contributed by atoms with Crippen molar-refractivity contribution in [3.63, 3.8) is 0 Å². The summed E-state index contributed by atoms with van der Waals surface area (Å²) in [5, 5.41) is 11.3. The highest BCUT2D eigenvalue weighted by Gasteiger charge is 2.34. The lowest BCUT2D eigenvalue weighted by Crippen LogP contribution is -2.54. The fourth-order valence-electron chi connectivity index (χ4n) is 4.03. The first-order valence-corrected chi connectivity index (χ1v) is 11.4. The molecule has 4 rings (SSSR count). The van der Waals surface area contributed by atoms with Crippen LogP contribution in [-0.2, 0) is 21.2 Å². The van der Waals surface area contributed by atoms with E-state index in [-0.39, 0.29) is 13.1 Å². The summed E-state index contributed by atoms with van der Waals surface area (Å²) in [6.45, 7) is 1.30. The zero-order chi connectivity index (χ0) is 21.1. The number of rotatable bonds is 6. The summed E-state index contributed by atoms with van der Waals surface area (Å²) < 4.78 is 28.1. The Bertz CT molecular complexity index is 1130.